The lowest BCUT2D eigenvalue weighted by atomic mass is 10.2. The molecule has 1 atom stereocenters. The maximum atomic E-state index is 6.01. The van der Waals surface area contributed by atoms with Crippen LogP contribution in [0, 0.1) is 0 Å². The molecule has 1 aromatic carbocycles. The Balaban J connectivity index is 1.52. The number of rotatable bonds is 3. The van der Waals surface area contributed by atoms with Gasteiger partial charge in [0.15, 0.2) is 11.5 Å². The molecular weight excluding hydrogens is 240 g/mol. The van der Waals surface area contributed by atoms with Gasteiger partial charge < -0.3 is 14.4 Å². The molecule has 19 heavy (non-hydrogen) atoms. The zero-order valence-electron chi connectivity index (χ0n) is 11.5. The van der Waals surface area contributed by atoms with Crippen LogP contribution in [0.4, 0.5) is 0 Å². The molecule has 0 amide bonds. The zero-order chi connectivity index (χ0) is 13.1. The Morgan fingerprint density at radius 1 is 1.05 bits per heavy atom. The van der Waals surface area contributed by atoms with Gasteiger partial charge in [0.05, 0.1) is 0 Å². The highest BCUT2D eigenvalue weighted by Gasteiger charge is 2.24. The van der Waals surface area contributed by atoms with E-state index < -0.39 is 0 Å². The molecule has 4 nitrogen and oxygen atoms in total. The van der Waals surface area contributed by atoms with Crippen LogP contribution in [-0.4, -0.2) is 61.8 Å². The fourth-order valence-electron chi connectivity index (χ4n) is 2.73. The smallest absolute Gasteiger partial charge is 0.161 e. The van der Waals surface area contributed by atoms with Gasteiger partial charge in [0.25, 0.3) is 0 Å². The molecule has 1 saturated heterocycles. The summed E-state index contributed by atoms with van der Waals surface area (Å²) in [6, 6.07) is 7.92. The largest absolute Gasteiger partial charge is 0.486 e. The first kappa shape index (κ1) is 12.8. The van der Waals surface area contributed by atoms with Gasteiger partial charge in [-0.25, -0.2) is 0 Å². The molecule has 0 N–H and O–H groups in total. The number of hydrogen-bond acceptors (Lipinski definition) is 4. The topological polar surface area (TPSA) is 24.9 Å². The van der Waals surface area contributed by atoms with Crippen molar-refractivity contribution >= 4 is 0 Å². The summed E-state index contributed by atoms with van der Waals surface area (Å²) in [5, 5.41) is 0. The molecule has 0 aliphatic carbocycles. The van der Waals surface area contributed by atoms with Crippen LogP contribution >= 0.6 is 0 Å². The van der Waals surface area contributed by atoms with E-state index in [1.807, 2.05) is 24.3 Å². The van der Waals surface area contributed by atoms with Crippen LogP contribution in [0.5, 0.6) is 11.5 Å². The van der Waals surface area contributed by atoms with Crippen molar-refractivity contribution in [3.05, 3.63) is 24.3 Å². The Morgan fingerprint density at radius 2 is 1.74 bits per heavy atom. The summed E-state index contributed by atoms with van der Waals surface area (Å²) in [6.45, 7) is 9.61. The van der Waals surface area contributed by atoms with Gasteiger partial charge in [0, 0.05) is 32.7 Å². The van der Waals surface area contributed by atoms with E-state index in [2.05, 4.69) is 16.7 Å². The van der Waals surface area contributed by atoms with Gasteiger partial charge in [-0.2, -0.15) is 0 Å². The second-order valence-electron chi connectivity index (χ2n) is 5.23. The normalized spacial score (nSPS) is 24.4. The van der Waals surface area contributed by atoms with Crippen LogP contribution in [0.15, 0.2) is 24.3 Å². The first-order chi connectivity index (χ1) is 9.35. The molecular formula is C15H22N2O2. The predicted molar refractivity (Wildman–Crippen MR) is 74.9 cm³/mol. The monoisotopic (exact) mass is 262 g/mol. The Hall–Kier alpha value is -1.26. The maximum absolute atomic E-state index is 6.01. The number of nitrogens with zero attached hydrogens (tertiary/aromatic N) is 2. The summed E-state index contributed by atoms with van der Waals surface area (Å²) in [7, 11) is 0. The minimum absolute atomic E-state index is 0.156. The quantitative estimate of drug-likeness (QED) is 0.823. The zero-order valence-corrected chi connectivity index (χ0v) is 11.5. The average molecular weight is 262 g/mol. The van der Waals surface area contributed by atoms with Crippen molar-refractivity contribution in [2.45, 2.75) is 13.0 Å². The third-order valence-electron chi connectivity index (χ3n) is 3.94. The summed E-state index contributed by atoms with van der Waals surface area (Å²) >= 11 is 0. The molecule has 1 aromatic rings. The lowest BCUT2D eigenvalue weighted by Crippen LogP contribution is -2.50. The maximum Gasteiger partial charge on any atom is 0.161 e. The van der Waals surface area contributed by atoms with E-state index in [-0.39, 0.29) is 6.10 Å². The molecule has 2 heterocycles. The van der Waals surface area contributed by atoms with Crippen molar-refractivity contribution in [1.82, 2.24) is 9.80 Å². The van der Waals surface area contributed by atoms with Crippen molar-refractivity contribution < 1.29 is 9.47 Å². The minimum atomic E-state index is 0.156. The van der Waals surface area contributed by atoms with Crippen molar-refractivity contribution in [1.29, 1.82) is 0 Å². The van der Waals surface area contributed by atoms with Crippen LogP contribution in [0.3, 0.4) is 0 Å². The van der Waals surface area contributed by atoms with Crippen LogP contribution in [0.2, 0.25) is 0 Å². The third-order valence-corrected chi connectivity index (χ3v) is 3.94. The van der Waals surface area contributed by atoms with Crippen molar-refractivity contribution in [2.24, 2.45) is 0 Å². The fraction of sp³-hybridized carbons (Fsp3) is 0.600. The summed E-state index contributed by atoms with van der Waals surface area (Å²) in [6.07, 6.45) is 0.156. The predicted octanol–water partition coefficient (Wildman–Crippen LogP) is 1.46. The first-order valence-corrected chi connectivity index (χ1v) is 7.18. The molecule has 104 valence electrons. The van der Waals surface area contributed by atoms with E-state index in [1.165, 1.54) is 13.1 Å². The molecule has 3 rings (SSSR count). The number of likely N-dealkylation sites (N-methyl/N-ethyl adjacent to an activating group) is 1. The Kier molecular flexibility index (Phi) is 3.89. The molecule has 1 fully saturated rings. The molecule has 0 unspecified atom stereocenters. The van der Waals surface area contributed by atoms with Gasteiger partial charge in [-0.15, -0.1) is 0 Å². The van der Waals surface area contributed by atoms with E-state index in [0.717, 1.165) is 37.7 Å². The Bertz CT molecular complexity index is 416. The minimum Gasteiger partial charge on any atom is -0.486 e. The highest BCUT2D eigenvalue weighted by atomic mass is 16.6. The van der Waals surface area contributed by atoms with Crippen LogP contribution in [0.25, 0.3) is 0 Å². The van der Waals surface area contributed by atoms with Gasteiger partial charge in [-0.3, -0.25) is 4.90 Å². The number of fused-ring (bicyclic) bond motifs is 1. The second kappa shape index (κ2) is 5.80. The molecule has 0 spiro atoms. The van der Waals surface area contributed by atoms with Crippen LogP contribution in [-0.2, 0) is 0 Å². The number of para-hydroxylation sites is 2. The van der Waals surface area contributed by atoms with E-state index in [1.54, 1.807) is 0 Å². The summed E-state index contributed by atoms with van der Waals surface area (Å²) in [5.74, 6) is 1.75. The number of benzene rings is 1. The molecule has 2 aliphatic heterocycles. The van der Waals surface area contributed by atoms with Crippen LogP contribution < -0.4 is 9.47 Å². The fourth-order valence-corrected chi connectivity index (χ4v) is 2.73. The summed E-state index contributed by atoms with van der Waals surface area (Å²) < 4.78 is 11.8. The second-order valence-corrected chi connectivity index (χ2v) is 5.23. The van der Waals surface area contributed by atoms with Gasteiger partial charge in [0.2, 0.25) is 0 Å². The van der Waals surface area contributed by atoms with Crippen molar-refractivity contribution in [2.75, 3.05) is 45.9 Å². The van der Waals surface area contributed by atoms with Gasteiger partial charge >= 0.3 is 0 Å². The lowest BCUT2D eigenvalue weighted by molar-refractivity contribution is 0.0412. The van der Waals surface area contributed by atoms with E-state index in [0.29, 0.717) is 6.61 Å². The third kappa shape index (κ3) is 3.01. The van der Waals surface area contributed by atoms with E-state index >= 15 is 0 Å². The van der Waals surface area contributed by atoms with Crippen LogP contribution in [0.1, 0.15) is 6.92 Å². The number of ether oxygens (including phenoxy) is 2. The van der Waals surface area contributed by atoms with Crippen molar-refractivity contribution in [3.63, 3.8) is 0 Å². The standard InChI is InChI=1S/C15H22N2O2/c1-2-16-7-9-17(10-8-16)11-13-12-18-14-5-3-4-6-15(14)19-13/h3-6,13H,2,7-12H2,1H3/t13-/m0/s1. The number of piperazine rings is 1. The number of hydrogen-bond donors (Lipinski definition) is 0. The van der Waals surface area contributed by atoms with Crippen molar-refractivity contribution in [3.8, 4) is 11.5 Å². The molecule has 4 heteroatoms. The highest BCUT2D eigenvalue weighted by molar-refractivity contribution is 5.40. The van der Waals surface area contributed by atoms with E-state index in [9.17, 15) is 0 Å². The lowest BCUT2D eigenvalue weighted by Gasteiger charge is -2.36. The van der Waals surface area contributed by atoms with Gasteiger partial charge in [0.1, 0.15) is 12.7 Å². The Morgan fingerprint density at radius 3 is 2.47 bits per heavy atom. The van der Waals surface area contributed by atoms with Gasteiger partial charge in [-0.05, 0) is 18.7 Å². The van der Waals surface area contributed by atoms with E-state index in [4.69, 9.17) is 9.47 Å². The molecule has 2 aliphatic rings. The summed E-state index contributed by atoms with van der Waals surface area (Å²) in [5.41, 5.74) is 0. The average Bonchev–Trinajstić information content (AvgIpc) is 2.48. The summed E-state index contributed by atoms with van der Waals surface area (Å²) in [4.78, 5) is 4.97. The molecule has 0 saturated carbocycles. The molecule has 0 bridgehead atoms. The molecule has 0 radical (unpaired) electrons. The SMILES string of the molecule is CCN1CCN(C[C@H]2COc3ccccc3O2)CC1. The first-order valence-electron chi connectivity index (χ1n) is 7.18. The Labute approximate surface area is 114 Å². The molecule has 0 aromatic heterocycles. The highest BCUT2D eigenvalue weighted by Crippen LogP contribution is 2.31. The van der Waals surface area contributed by atoms with Gasteiger partial charge in [-0.1, -0.05) is 19.1 Å².